The average molecular weight is 456 g/mol. The van der Waals surface area contributed by atoms with Crippen LogP contribution in [0, 0.1) is 12.7 Å². The lowest BCUT2D eigenvalue weighted by Gasteiger charge is -2.12. The number of nitrogens with one attached hydrogen (secondary N) is 1. The Morgan fingerprint density at radius 2 is 1.77 bits per heavy atom. The van der Waals surface area contributed by atoms with Crippen molar-refractivity contribution in [1.29, 1.82) is 0 Å². The first-order valence-corrected chi connectivity index (χ1v) is 10.1. The van der Waals surface area contributed by atoms with E-state index in [-0.39, 0.29) is 28.9 Å². The number of carbonyl (C=O) groups is 1. The molecule has 3 aromatic carbocycles. The standard InChI is InChI=1S/C23H16Cl2FN3O2/c1-13-17(24)9-15(10-18(13)25)22(30)28-20-4-2-3-19-21(20)23(31)29(12-27-19)11-14-5-7-16(26)8-6-14/h2-10,12H,11H2,1H3,(H,28,30). The van der Waals surface area contributed by atoms with Gasteiger partial charge in [-0.15, -0.1) is 0 Å². The van der Waals surface area contributed by atoms with Crippen LogP contribution in [0.15, 0.2) is 65.7 Å². The fourth-order valence-corrected chi connectivity index (χ4v) is 3.66. The summed E-state index contributed by atoms with van der Waals surface area (Å²) in [6.07, 6.45) is 1.43. The van der Waals surface area contributed by atoms with E-state index in [1.807, 2.05) is 0 Å². The second-order valence-electron chi connectivity index (χ2n) is 7.02. The zero-order valence-electron chi connectivity index (χ0n) is 16.3. The van der Waals surface area contributed by atoms with Gasteiger partial charge in [0.15, 0.2) is 0 Å². The average Bonchev–Trinajstić information content (AvgIpc) is 2.75. The minimum absolute atomic E-state index is 0.216. The van der Waals surface area contributed by atoms with Crippen LogP contribution in [0.1, 0.15) is 21.5 Å². The van der Waals surface area contributed by atoms with Crippen molar-refractivity contribution in [3.05, 3.63) is 104 Å². The molecule has 0 spiro atoms. The van der Waals surface area contributed by atoms with Gasteiger partial charge >= 0.3 is 0 Å². The third-order valence-corrected chi connectivity index (χ3v) is 5.70. The highest BCUT2D eigenvalue weighted by atomic mass is 35.5. The fraction of sp³-hybridized carbons (Fsp3) is 0.0870. The second-order valence-corrected chi connectivity index (χ2v) is 7.84. The lowest BCUT2D eigenvalue weighted by Crippen LogP contribution is -2.23. The summed E-state index contributed by atoms with van der Waals surface area (Å²) >= 11 is 12.3. The molecular formula is C23H16Cl2FN3O2. The van der Waals surface area contributed by atoms with E-state index in [0.717, 1.165) is 5.56 Å². The lowest BCUT2D eigenvalue weighted by atomic mass is 10.1. The number of halogens is 3. The minimum atomic E-state index is -0.454. The second kappa shape index (κ2) is 8.49. The maximum Gasteiger partial charge on any atom is 0.263 e. The van der Waals surface area contributed by atoms with Crippen LogP contribution in [-0.2, 0) is 6.54 Å². The van der Waals surface area contributed by atoms with E-state index >= 15 is 0 Å². The molecule has 8 heteroatoms. The van der Waals surface area contributed by atoms with Crippen LogP contribution in [0.4, 0.5) is 10.1 Å². The molecule has 0 fully saturated rings. The predicted molar refractivity (Wildman–Crippen MR) is 121 cm³/mol. The monoisotopic (exact) mass is 455 g/mol. The number of rotatable bonds is 4. The summed E-state index contributed by atoms with van der Waals surface area (Å²) in [5.41, 5.74) is 2.13. The number of anilines is 1. The van der Waals surface area contributed by atoms with E-state index in [9.17, 15) is 14.0 Å². The number of hydrogen-bond acceptors (Lipinski definition) is 3. The predicted octanol–water partition coefficient (Wildman–Crippen LogP) is 5.45. The van der Waals surface area contributed by atoms with Crippen molar-refractivity contribution in [3.63, 3.8) is 0 Å². The van der Waals surface area contributed by atoms with Gasteiger partial charge in [0.25, 0.3) is 11.5 Å². The molecule has 1 heterocycles. The Labute approximate surface area is 187 Å². The van der Waals surface area contributed by atoms with Gasteiger partial charge in [-0.3, -0.25) is 14.2 Å². The van der Waals surface area contributed by atoms with Crippen LogP contribution in [-0.4, -0.2) is 15.5 Å². The minimum Gasteiger partial charge on any atom is -0.321 e. The van der Waals surface area contributed by atoms with Crippen LogP contribution >= 0.6 is 23.2 Å². The maximum absolute atomic E-state index is 13.2. The van der Waals surface area contributed by atoms with Gasteiger partial charge in [0, 0.05) is 15.6 Å². The van der Waals surface area contributed by atoms with Crippen molar-refractivity contribution in [2.75, 3.05) is 5.32 Å². The van der Waals surface area contributed by atoms with E-state index < -0.39 is 5.91 Å². The molecule has 1 amide bonds. The number of amides is 1. The van der Waals surface area contributed by atoms with Crippen LogP contribution < -0.4 is 10.9 Å². The first kappa shape index (κ1) is 21.0. The van der Waals surface area contributed by atoms with E-state index in [2.05, 4.69) is 10.3 Å². The smallest absolute Gasteiger partial charge is 0.263 e. The van der Waals surface area contributed by atoms with E-state index in [0.29, 0.717) is 26.8 Å². The Hall–Kier alpha value is -3.22. The van der Waals surface area contributed by atoms with Crippen molar-refractivity contribution in [2.24, 2.45) is 0 Å². The van der Waals surface area contributed by atoms with Crippen LogP contribution in [0.2, 0.25) is 10.0 Å². The molecule has 4 rings (SSSR count). The van der Waals surface area contributed by atoms with Crippen molar-refractivity contribution in [1.82, 2.24) is 9.55 Å². The highest BCUT2D eigenvalue weighted by Crippen LogP contribution is 2.26. The zero-order chi connectivity index (χ0) is 22.1. The summed E-state index contributed by atoms with van der Waals surface area (Å²) in [5, 5.41) is 3.77. The molecule has 0 aliphatic rings. The van der Waals surface area contributed by atoms with Crippen LogP contribution in [0.25, 0.3) is 10.9 Å². The van der Waals surface area contributed by atoms with Crippen molar-refractivity contribution >= 4 is 45.7 Å². The molecule has 4 aromatic rings. The molecule has 5 nitrogen and oxygen atoms in total. The van der Waals surface area contributed by atoms with Gasteiger partial charge in [-0.05, 0) is 54.4 Å². The largest absolute Gasteiger partial charge is 0.321 e. The van der Waals surface area contributed by atoms with E-state index in [4.69, 9.17) is 23.2 Å². The van der Waals surface area contributed by atoms with E-state index in [1.54, 1.807) is 37.3 Å². The van der Waals surface area contributed by atoms with Gasteiger partial charge in [-0.1, -0.05) is 41.4 Å². The summed E-state index contributed by atoms with van der Waals surface area (Å²) in [6, 6.07) is 13.9. The Balaban J connectivity index is 1.72. The molecule has 0 aliphatic carbocycles. The Bertz CT molecular complexity index is 1340. The summed E-state index contributed by atoms with van der Waals surface area (Å²) in [7, 11) is 0. The third kappa shape index (κ3) is 4.31. The lowest BCUT2D eigenvalue weighted by molar-refractivity contribution is 0.102. The van der Waals surface area contributed by atoms with Gasteiger partial charge in [0.2, 0.25) is 0 Å². The van der Waals surface area contributed by atoms with Crippen LogP contribution in [0.3, 0.4) is 0 Å². The SMILES string of the molecule is Cc1c(Cl)cc(C(=O)Nc2cccc3ncn(Cc4ccc(F)cc4)c(=O)c23)cc1Cl. The summed E-state index contributed by atoms with van der Waals surface area (Å²) in [5.74, 6) is -0.807. The first-order chi connectivity index (χ1) is 14.8. The molecule has 0 atom stereocenters. The molecule has 31 heavy (non-hydrogen) atoms. The highest BCUT2D eigenvalue weighted by Gasteiger charge is 2.15. The summed E-state index contributed by atoms with van der Waals surface area (Å²) in [6.45, 7) is 1.97. The van der Waals surface area contributed by atoms with Gasteiger partial charge in [0.1, 0.15) is 5.82 Å². The molecular weight excluding hydrogens is 440 g/mol. The molecule has 0 saturated heterocycles. The van der Waals surface area contributed by atoms with Gasteiger partial charge < -0.3 is 5.32 Å². The molecule has 0 aliphatic heterocycles. The number of nitrogens with zero attached hydrogens (tertiary/aromatic N) is 2. The van der Waals surface area contributed by atoms with Gasteiger partial charge in [0.05, 0.1) is 29.5 Å². The molecule has 0 bridgehead atoms. The van der Waals surface area contributed by atoms with Crippen LogP contribution in [0.5, 0.6) is 0 Å². The topological polar surface area (TPSA) is 64.0 Å². The van der Waals surface area contributed by atoms with Gasteiger partial charge in [-0.2, -0.15) is 0 Å². The highest BCUT2D eigenvalue weighted by molar-refractivity contribution is 6.36. The molecule has 1 N–H and O–H groups in total. The van der Waals surface area contributed by atoms with Crippen molar-refractivity contribution < 1.29 is 9.18 Å². The Kier molecular flexibility index (Phi) is 5.76. The molecule has 1 aromatic heterocycles. The van der Waals surface area contributed by atoms with Crippen molar-refractivity contribution in [2.45, 2.75) is 13.5 Å². The van der Waals surface area contributed by atoms with Crippen molar-refractivity contribution in [3.8, 4) is 0 Å². The summed E-state index contributed by atoms with van der Waals surface area (Å²) < 4.78 is 14.6. The quantitative estimate of drug-likeness (QED) is 0.444. The first-order valence-electron chi connectivity index (χ1n) is 9.33. The van der Waals surface area contributed by atoms with Gasteiger partial charge in [-0.25, -0.2) is 9.37 Å². The number of carbonyl (C=O) groups excluding carboxylic acids is 1. The number of fused-ring (bicyclic) bond motifs is 1. The molecule has 0 radical (unpaired) electrons. The molecule has 0 unspecified atom stereocenters. The maximum atomic E-state index is 13.2. The Morgan fingerprint density at radius 3 is 2.45 bits per heavy atom. The number of aromatic nitrogens is 2. The Morgan fingerprint density at radius 1 is 1.10 bits per heavy atom. The normalized spacial score (nSPS) is 11.0. The van der Waals surface area contributed by atoms with E-state index in [1.165, 1.54) is 35.2 Å². The molecule has 0 saturated carbocycles. The number of benzene rings is 3. The third-order valence-electron chi connectivity index (χ3n) is 4.91. The molecule has 156 valence electrons. The summed E-state index contributed by atoms with van der Waals surface area (Å²) in [4.78, 5) is 30.3. The zero-order valence-corrected chi connectivity index (χ0v) is 17.8. The number of hydrogen-bond donors (Lipinski definition) is 1. The fourth-order valence-electron chi connectivity index (χ4n) is 3.17.